The molecule has 4 heteroatoms. The summed E-state index contributed by atoms with van der Waals surface area (Å²) in [5.41, 5.74) is 0.825. The Balaban J connectivity index is 2.96. The van der Waals surface area contributed by atoms with Gasteiger partial charge in [0.2, 0.25) is 0 Å². The lowest BCUT2D eigenvalue weighted by molar-refractivity contribution is 0.935. The number of azo groups is 1. The highest BCUT2D eigenvalue weighted by Gasteiger charge is 2.03. The van der Waals surface area contributed by atoms with Crippen molar-refractivity contribution in [1.82, 2.24) is 0 Å². The molecule has 12 heavy (non-hydrogen) atoms. The van der Waals surface area contributed by atoms with Gasteiger partial charge in [-0.3, -0.25) is 0 Å². The number of halogens is 2. The average molecular weight is 203 g/mol. The van der Waals surface area contributed by atoms with Crippen LogP contribution in [0.1, 0.15) is 5.56 Å². The van der Waals surface area contributed by atoms with Crippen LogP contribution < -0.4 is 0 Å². The van der Waals surface area contributed by atoms with Crippen molar-refractivity contribution in [3.8, 4) is 0 Å². The average Bonchev–Trinajstić information content (AvgIpc) is 2.04. The van der Waals surface area contributed by atoms with Gasteiger partial charge in [0.1, 0.15) is 0 Å². The zero-order valence-corrected chi connectivity index (χ0v) is 8.10. The molecule has 0 fully saturated rings. The molecule has 0 atom stereocenters. The van der Waals surface area contributed by atoms with Gasteiger partial charge in [0, 0.05) is 22.7 Å². The lowest BCUT2D eigenvalue weighted by Gasteiger charge is -2.01. The van der Waals surface area contributed by atoms with Crippen molar-refractivity contribution in [3.63, 3.8) is 0 Å². The van der Waals surface area contributed by atoms with Crippen molar-refractivity contribution in [2.45, 2.75) is 6.54 Å². The summed E-state index contributed by atoms with van der Waals surface area (Å²) in [7, 11) is 1.62. The van der Waals surface area contributed by atoms with Gasteiger partial charge in [-0.2, -0.15) is 10.2 Å². The Morgan fingerprint density at radius 2 is 1.83 bits per heavy atom. The zero-order chi connectivity index (χ0) is 8.97. The number of nitrogens with zero attached hydrogens (tertiary/aromatic N) is 2. The molecule has 0 aromatic heterocycles. The Bertz CT molecular complexity index is 277. The molecule has 0 saturated heterocycles. The molecular formula is C8H8Cl2N2. The van der Waals surface area contributed by atoms with Gasteiger partial charge in [-0.1, -0.05) is 29.3 Å². The van der Waals surface area contributed by atoms with Crippen molar-refractivity contribution in [2.75, 3.05) is 7.05 Å². The predicted molar refractivity (Wildman–Crippen MR) is 50.9 cm³/mol. The Hall–Kier alpha value is -0.600. The van der Waals surface area contributed by atoms with Gasteiger partial charge in [0.25, 0.3) is 0 Å². The molecule has 2 nitrogen and oxygen atoms in total. The second-order valence-electron chi connectivity index (χ2n) is 2.20. The van der Waals surface area contributed by atoms with Gasteiger partial charge in [0.15, 0.2) is 0 Å². The largest absolute Gasteiger partial charge is 0.197 e. The SMILES string of the molecule is CN=NCc1c(Cl)cccc1Cl. The maximum atomic E-state index is 5.88. The molecule has 0 aliphatic heterocycles. The molecule has 0 aliphatic rings. The molecule has 0 aliphatic carbocycles. The van der Waals surface area contributed by atoms with Crippen molar-refractivity contribution >= 4 is 23.2 Å². The van der Waals surface area contributed by atoms with E-state index in [1.807, 2.05) is 0 Å². The van der Waals surface area contributed by atoms with E-state index in [0.717, 1.165) is 5.56 Å². The highest BCUT2D eigenvalue weighted by atomic mass is 35.5. The molecule has 0 unspecified atom stereocenters. The summed E-state index contributed by atoms with van der Waals surface area (Å²) in [6, 6.07) is 5.37. The fourth-order valence-corrected chi connectivity index (χ4v) is 1.34. The van der Waals surface area contributed by atoms with Crippen molar-refractivity contribution in [1.29, 1.82) is 0 Å². The zero-order valence-electron chi connectivity index (χ0n) is 6.59. The summed E-state index contributed by atoms with van der Waals surface area (Å²) in [6.45, 7) is 0.439. The first-order valence-corrected chi connectivity index (χ1v) is 4.19. The highest BCUT2D eigenvalue weighted by molar-refractivity contribution is 6.35. The Morgan fingerprint density at radius 3 is 2.33 bits per heavy atom. The first-order chi connectivity index (χ1) is 5.75. The van der Waals surface area contributed by atoms with Crippen LogP contribution in [0.2, 0.25) is 10.0 Å². The molecule has 0 heterocycles. The third kappa shape index (κ3) is 2.19. The van der Waals surface area contributed by atoms with Crippen LogP contribution in [0.4, 0.5) is 0 Å². The lowest BCUT2D eigenvalue weighted by atomic mass is 10.2. The monoisotopic (exact) mass is 202 g/mol. The van der Waals surface area contributed by atoms with E-state index in [-0.39, 0.29) is 0 Å². The van der Waals surface area contributed by atoms with Crippen LogP contribution >= 0.6 is 23.2 Å². The van der Waals surface area contributed by atoms with E-state index in [1.165, 1.54) is 0 Å². The maximum Gasteiger partial charge on any atom is 0.0878 e. The van der Waals surface area contributed by atoms with Gasteiger partial charge in [-0.05, 0) is 12.1 Å². The molecule has 1 rings (SSSR count). The van der Waals surface area contributed by atoms with E-state index in [2.05, 4.69) is 10.2 Å². The number of benzene rings is 1. The standard InChI is InChI=1S/C8H8Cl2N2/c1-11-12-5-6-7(9)3-2-4-8(6)10/h2-4H,5H2,1H3. The first-order valence-electron chi connectivity index (χ1n) is 3.44. The molecule has 0 spiro atoms. The minimum Gasteiger partial charge on any atom is -0.197 e. The number of hydrogen-bond acceptors (Lipinski definition) is 2. The van der Waals surface area contributed by atoms with Crippen LogP contribution in [-0.2, 0) is 6.54 Å². The third-order valence-corrected chi connectivity index (χ3v) is 2.14. The molecule has 0 saturated carbocycles. The summed E-state index contributed by atoms with van der Waals surface area (Å²) in [5.74, 6) is 0. The van der Waals surface area contributed by atoms with Crippen molar-refractivity contribution < 1.29 is 0 Å². The molecule has 1 aromatic carbocycles. The molecular weight excluding hydrogens is 195 g/mol. The van der Waals surface area contributed by atoms with E-state index in [0.29, 0.717) is 16.6 Å². The minimum absolute atomic E-state index is 0.439. The highest BCUT2D eigenvalue weighted by Crippen LogP contribution is 2.24. The quantitative estimate of drug-likeness (QED) is 0.656. The smallest absolute Gasteiger partial charge is 0.0878 e. The van der Waals surface area contributed by atoms with Crippen LogP contribution in [0, 0.1) is 0 Å². The van der Waals surface area contributed by atoms with Gasteiger partial charge in [0.05, 0.1) is 6.54 Å². The summed E-state index contributed by atoms with van der Waals surface area (Å²) < 4.78 is 0. The normalized spacial score (nSPS) is 10.9. The van der Waals surface area contributed by atoms with Crippen molar-refractivity contribution in [3.05, 3.63) is 33.8 Å². The van der Waals surface area contributed by atoms with E-state index < -0.39 is 0 Å². The fourth-order valence-electron chi connectivity index (χ4n) is 0.825. The molecule has 0 radical (unpaired) electrons. The van der Waals surface area contributed by atoms with E-state index in [1.54, 1.807) is 25.2 Å². The molecule has 0 N–H and O–H groups in total. The molecule has 64 valence electrons. The molecule has 0 bridgehead atoms. The second kappa shape index (κ2) is 4.43. The van der Waals surface area contributed by atoms with Gasteiger partial charge in [-0.25, -0.2) is 0 Å². The molecule has 0 amide bonds. The number of rotatable bonds is 2. The van der Waals surface area contributed by atoms with E-state index in [4.69, 9.17) is 23.2 Å². The Kier molecular flexibility index (Phi) is 3.50. The van der Waals surface area contributed by atoms with Gasteiger partial charge < -0.3 is 0 Å². The Morgan fingerprint density at radius 1 is 1.25 bits per heavy atom. The van der Waals surface area contributed by atoms with Crippen LogP contribution in [0.5, 0.6) is 0 Å². The van der Waals surface area contributed by atoms with Crippen LogP contribution in [0.25, 0.3) is 0 Å². The molecule has 1 aromatic rings. The summed E-state index contributed by atoms with van der Waals surface area (Å²) in [6.07, 6.45) is 0. The Labute approximate surface area is 81.2 Å². The van der Waals surface area contributed by atoms with Crippen LogP contribution in [0.15, 0.2) is 28.4 Å². The fraction of sp³-hybridized carbons (Fsp3) is 0.250. The van der Waals surface area contributed by atoms with Gasteiger partial charge in [-0.15, -0.1) is 0 Å². The predicted octanol–water partition coefficient (Wildman–Crippen LogP) is 3.58. The number of hydrogen-bond donors (Lipinski definition) is 0. The van der Waals surface area contributed by atoms with Gasteiger partial charge >= 0.3 is 0 Å². The van der Waals surface area contributed by atoms with Crippen LogP contribution in [-0.4, -0.2) is 7.05 Å². The van der Waals surface area contributed by atoms with E-state index in [9.17, 15) is 0 Å². The third-order valence-electron chi connectivity index (χ3n) is 1.43. The summed E-state index contributed by atoms with van der Waals surface area (Å²) in [5, 5.41) is 8.71. The topological polar surface area (TPSA) is 24.7 Å². The van der Waals surface area contributed by atoms with Crippen molar-refractivity contribution in [2.24, 2.45) is 10.2 Å². The lowest BCUT2D eigenvalue weighted by Crippen LogP contribution is -1.83. The minimum atomic E-state index is 0.439. The first kappa shape index (κ1) is 9.49. The second-order valence-corrected chi connectivity index (χ2v) is 3.01. The maximum absolute atomic E-state index is 5.88. The summed E-state index contributed by atoms with van der Waals surface area (Å²) in [4.78, 5) is 0. The van der Waals surface area contributed by atoms with Crippen LogP contribution in [0.3, 0.4) is 0 Å². The summed E-state index contributed by atoms with van der Waals surface area (Å²) >= 11 is 11.8. The van der Waals surface area contributed by atoms with E-state index >= 15 is 0 Å².